The first kappa shape index (κ1) is 22.7. The fourth-order valence-corrected chi connectivity index (χ4v) is 4.94. The fourth-order valence-electron chi connectivity index (χ4n) is 4.20. The summed E-state index contributed by atoms with van der Waals surface area (Å²) in [5, 5.41) is 14.9. The van der Waals surface area contributed by atoms with Gasteiger partial charge in [0.05, 0.1) is 29.9 Å². The van der Waals surface area contributed by atoms with E-state index in [1.807, 2.05) is 46.7 Å². The van der Waals surface area contributed by atoms with Gasteiger partial charge in [-0.3, -0.25) is 9.59 Å². The van der Waals surface area contributed by atoms with Crippen LogP contribution >= 0.6 is 11.3 Å². The molecule has 0 radical (unpaired) electrons. The van der Waals surface area contributed by atoms with Gasteiger partial charge in [-0.25, -0.2) is 4.98 Å². The molecule has 2 aromatic carbocycles. The Labute approximate surface area is 197 Å². The number of nitrogens with zero attached hydrogens (tertiary/aromatic N) is 3. The minimum absolute atomic E-state index is 0.0317. The SMILES string of the molecule is N#Cc1ccccc1Cc1csc(CNC(=O)CCC(=O)N2CCCC2c2ccccc2)n1. The van der Waals surface area contributed by atoms with Crippen LogP contribution in [-0.2, 0) is 22.6 Å². The third-order valence-corrected chi connectivity index (χ3v) is 6.77. The van der Waals surface area contributed by atoms with Crippen LogP contribution in [0.5, 0.6) is 0 Å². The van der Waals surface area contributed by atoms with Crippen LogP contribution in [0.4, 0.5) is 0 Å². The van der Waals surface area contributed by atoms with E-state index in [9.17, 15) is 14.9 Å². The van der Waals surface area contributed by atoms with Crippen molar-refractivity contribution in [2.24, 2.45) is 0 Å². The second-order valence-corrected chi connectivity index (χ2v) is 9.05. The molecule has 168 valence electrons. The quantitative estimate of drug-likeness (QED) is 0.543. The second kappa shape index (κ2) is 10.9. The zero-order valence-electron chi connectivity index (χ0n) is 18.4. The van der Waals surface area contributed by atoms with Crippen molar-refractivity contribution in [3.8, 4) is 6.07 Å². The largest absolute Gasteiger partial charge is 0.350 e. The summed E-state index contributed by atoms with van der Waals surface area (Å²) in [6.45, 7) is 1.09. The Bertz CT molecular complexity index is 1150. The molecule has 1 fully saturated rings. The Kier molecular flexibility index (Phi) is 7.48. The molecule has 1 unspecified atom stereocenters. The van der Waals surface area contributed by atoms with Crippen molar-refractivity contribution in [2.45, 2.75) is 44.7 Å². The maximum absolute atomic E-state index is 12.7. The van der Waals surface area contributed by atoms with E-state index in [1.165, 1.54) is 11.3 Å². The number of hydrogen-bond donors (Lipinski definition) is 1. The number of nitrogens with one attached hydrogen (secondary N) is 1. The summed E-state index contributed by atoms with van der Waals surface area (Å²) >= 11 is 1.48. The van der Waals surface area contributed by atoms with E-state index in [1.54, 1.807) is 6.07 Å². The van der Waals surface area contributed by atoms with E-state index < -0.39 is 0 Å². The average Bonchev–Trinajstić information content (AvgIpc) is 3.52. The summed E-state index contributed by atoms with van der Waals surface area (Å²) in [5.41, 5.74) is 3.63. The zero-order valence-corrected chi connectivity index (χ0v) is 19.2. The lowest BCUT2D eigenvalue weighted by Gasteiger charge is -2.25. The molecule has 6 nitrogen and oxygen atoms in total. The van der Waals surface area contributed by atoms with Crippen LogP contribution in [0.2, 0.25) is 0 Å². The van der Waals surface area contributed by atoms with Crippen molar-refractivity contribution in [3.05, 3.63) is 87.4 Å². The Hall–Kier alpha value is -3.50. The number of rotatable bonds is 8. The Morgan fingerprint density at radius 2 is 1.91 bits per heavy atom. The van der Waals surface area contributed by atoms with Crippen LogP contribution in [-0.4, -0.2) is 28.2 Å². The number of nitriles is 1. The molecule has 1 N–H and O–H groups in total. The molecule has 0 saturated carbocycles. The fraction of sp³-hybridized carbons (Fsp3) is 0.308. The molecule has 1 aromatic heterocycles. The van der Waals surface area contributed by atoms with E-state index in [2.05, 4.69) is 28.5 Å². The lowest BCUT2D eigenvalue weighted by Crippen LogP contribution is -2.32. The van der Waals surface area contributed by atoms with Gasteiger partial charge in [0.2, 0.25) is 11.8 Å². The highest BCUT2D eigenvalue weighted by atomic mass is 32.1. The minimum Gasteiger partial charge on any atom is -0.350 e. The van der Waals surface area contributed by atoms with Gasteiger partial charge in [0.1, 0.15) is 5.01 Å². The number of aromatic nitrogens is 1. The van der Waals surface area contributed by atoms with Crippen LogP contribution in [0, 0.1) is 11.3 Å². The molecule has 3 aromatic rings. The van der Waals surface area contributed by atoms with Gasteiger partial charge in [-0.15, -0.1) is 11.3 Å². The summed E-state index contributed by atoms with van der Waals surface area (Å²) in [7, 11) is 0. The molecule has 1 atom stereocenters. The van der Waals surface area contributed by atoms with Gasteiger partial charge >= 0.3 is 0 Å². The highest BCUT2D eigenvalue weighted by Crippen LogP contribution is 2.32. The van der Waals surface area contributed by atoms with Gasteiger partial charge in [-0.2, -0.15) is 5.26 Å². The molecule has 1 saturated heterocycles. The number of hydrogen-bond acceptors (Lipinski definition) is 5. The smallest absolute Gasteiger partial charge is 0.223 e. The highest BCUT2D eigenvalue weighted by molar-refractivity contribution is 7.09. The first-order valence-electron chi connectivity index (χ1n) is 11.2. The maximum atomic E-state index is 12.7. The number of carbonyl (C=O) groups excluding carboxylic acids is 2. The van der Waals surface area contributed by atoms with Crippen LogP contribution in [0.1, 0.15) is 59.1 Å². The summed E-state index contributed by atoms with van der Waals surface area (Å²) in [4.78, 5) is 31.6. The summed E-state index contributed by atoms with van der Waals surface area (Å²) in [5.74, 6) is -0.116. The van der Waals surface area contributed by atoms with Gasteiger partial charge in [0.15, 0.2) is 0 Å². The molecule has 33 heavy (non-hydrogen) atoms. The molecule has 0 spiro atoms. The van der Waals surface area contributed by atoms with E-state index in [0.717, 1.165) is 41.2 Å². The Morgan fingerprint density at radius 3 is 2.73 bits per heavy atom. The minimum atomic E-state index is -0.148. The van der Waals surface area contributed by atoms with Gasteiger partial charge < -0.3 is 10.2 Å². The Balaban J connectivity index is 1.24. The van der Waals surface area contributed by atoms with Gasteiger partial charge in [0.25, 0.3) is 0 Å². The molecule has 0 aliphatic carbocycles. The standard InChI is InChI=1S/C26H26N4O2S/c27-16-21-10-5-4-9-20(21)15-22-18-33-25(29-22)17-28-24(31)12-13-26(32)30-14-6-11-23(30)19-7-2-1-3-8-19/h1-5,7-10,18,23H,6,11-15,17H2,(H,28,31). The van der Waals surface area contributed by atoms with Gasteiger partial charge in [-0.05, 0) is 30.0 Å². The van der Waals surface area contributed by atoms with Gasteiger partial charge in [-0.1, -0.05) is 48.5 Å². The molecular weight excluding hydrogens is 432 g/mol. The monoisotopic (exact) mass is 458 g/mol. The molecule has 4 rings (SSSR count). The van der Waals surface area contributed by atoms with Crippen molar-refractivity contribution in [1.82, 2.24) is 15.2 Å². The average molecular weight is 459 g/mol. The summed E-state index contributed by atoms with van der Waals surface area (Å²) in [6.07, 6.45) is 2.92. The van der Waals surface area contributed by atoms with E-state index >= 15 is 0 Å². The zero-order chi connectivity index (χ0) is 23.0. The van der Waals surface area contributed by atoms with Crippen molar-refractivity contribution in [1.29, 1.82) is 5.26 Å². The lowest BCUT2D eigenvalue weighted by atomic mass is 10.0. The second-order valence-electron chi connectivity index (χ2n) is 8.11. The van der Waals surface area contributed by atoms with Crippen LogP contribution < -0.4 is 5.32 Å². The summed E-state index contributed by atoms with van der Waals surface area (Å²) in [6, 6.07) is 19.9. The number of benzene rings is 2. The molecule has 1 aliphatic rings. The number of carbonyl (C=O) groups is 2. The van der Waals surface area contributed by atoms with Gasteiger partial charge in [0, 0.05) is 31.2 Å². The van der Waals surface area contributed by atoms with Crippen molar-refractivity contribution in [2.75, 3.05) is 6.54 Å². The molecule has 1 aliphatic heterocycles. The predicted molar refractivity (Wildman–Crippen MR) is 127 cm³/mol. The Morgan fingerprint density at radius 1 is 1.12 bits per heavy atom. The van der Waals surface area contributed by atoms with E-state index in [0.29, 0.717) is 18.5 Å². The number of thiazole rings is 1. The molecule has 7 heteroatoms. The van der Waals surface area contributed by atoms with Crippen LogP contribution in [0.15, 0.2) is 60.0 Å². The third kappa shape index (κ3) is 5.85. The highest BCUT2D eigenvalue weighted by Gasteiger charge is 2.29. The predicted octanol–water partition coefficient (Wildman–Crippen LogP) is 4.37. The van der Waals surface area contributed by atoms with Crippen LogP contribution in [0.25, 0.3) is 0 Å². The third-order valence-electron chi connectivity index (χ3n) is 5.87. The molecular formula is C26H26N4O2S. The molecule has 2 heterocycles. The lowest BCUT2D eigenvalue weighted by molar-refractivity contribution is -0.134. The topological polar surface area (TPSA) is 86.1 Å². The van der Waals surface area contributed by atoms with Crippen molar-refractivity contribution >= 4 is 23.2 Å². The van der Waals surface area contributed by atoms with Crippen LogP contribution in [0.3, 0.4) is 0 Å². The normalized spacial score (nSPS) is 15.2. The maximum Gasteiger partial charge on any atom is 0.223 e. The number of likely N-dealkylation sites (tertiary alicyclic amines) is 1. The van der Waals surface area contributed by atoms with E-state index in [4.69, 9.17) is 0 Å². The number of amides is 2. The molecule has 2 amide bonds. The molecule has 0 bridgehead atoms. The summed E-state index contributed by atoms with van der Waals surface area (Å²) < 4.78 is 0. The first-order valence-corrected chi connectivity index (χ1v) is 12.0. The van der Waals surface area contributed by atoms with Crippen molar-refractivity contribution in [3.63, 3.8) is 0 Å². The van der Waals surface area contributed by atoms with E-state index in [-0.39, 0.29) is 30.7 Å². The first-order chi connectivity index (χ1) is 16.1. The van der Waals surface area contributed by atoms with Crippen molar-refractivity contribution < 1.29 is 9.59 Å².